The maximum Gasteiger partial charge on any atom is 0.0482 e. The Balaban J connectivity index is 4.57. The van der Waals surface area contributed by atoms with E-state index in [0.717, 1.165) is 12.0 Å². The molecular formula is C10H16N2. The van der Waals surface area contributed by atoms with Gasteiger partial charge < -0.3 is 5.73 Å². The Labute approximate surface area is 74.6 Å². The van der Waals surface area contributed by atoms with Crippen molar-refractivity contribution in [2.45, 2.75) is 20.3 Å². The summed E-state index contributed by atoms with van der Waals surface area (Å²) in [5.41, 5.74) is 5.87. The third kappa shape index (κ3) is 2.43. The summed E-state index contributed by atoms with van der Waals surface area (Å²) < 4.78 is 0. The fourth-order valence-corrected chi connectivity index (χ4v) is 0.905. The highest BCUT2D eigenvalue weighted by molar-refractivity contribution is 5.32. The fraction of sp³-hybridized carbons (Fsp3) is 0.500. The summed E-state index contributed by atoms with van der Waals surface area (Å²) in [6.45, 7) is 12.1. The lowest BCUT2D eigenvalue weighted by Crippen LogP contribution is -2.21. The topological polar surface area (TPSA) is 38.4 Å². The van der Waals surface area contributed by atoms with Gasteiger partial charge >= 0.3 is 0 Å². The van der Waals surface area contributed by atoms with Crippen molar-refractivity contribution in [3.63, 3.8) is 0 Å². The number of nitrogens with zero attached hydrogens (tertiary/aromatic N) is 1. The fourth-order valence-electron chi connectivity index (χ4n) is 0.905. The lowest BCUT2D eigenvalue weighted by Gasteiger charge is -2.25. The maximum absolute atomic E-state index is 5.11. The zero-order valence-corrected chi connectivity index (χ0v) is 7.85. The van der Waals surface area contributed by atoms with E-state index < -0.39 is 0 Å². The van der Waals surface area contributed by atoms with Gasteiger partial charge in [-0.05, 0) is 19.1 Å². The van der Waals surface area contributed by atoms with Crippen molar-refractivity contribution < 1.29 is 0 Å². The van der Waals surface area contributed by atoms with Crippen LogP contribution in [0.15, 0.2) is 17.1 Å². The molecule has 2 N–H and O–H groups in total. The molecule has 0 fully saturated rings. The monoisotopic (exact) mass is 164 g/mol. The molecule has 0 rings (SSSR count). The Morgan fingerprint density at radius 1 is 1.67 bits per heavy atom. The highest BCUT2D eigenvalue weighted by Crippen LogP contribution is 2.29. The molecular weight excluding hydrogens is 148 g/mol. The molecule has 0 aliphatic carbocycles. The van der Waals surface area contributed by atoms with Crippen LogP contribution in [0.2, 0.25) is 0 Å². The molecule has 0 saturated heterocycles. The van der Waals surface area contributed by atoms with E-state index in [1.165, 1.54) is 0 Å². The Hall–Kier alpha value is -1.23. The Bertz CT molecular complexity index is 232. The number of nitrogens with two attached hydrogens (primary N) is 1. The standard InChI is InChI=1S/C10H16N2/c1-5-10(3,8-12-4)9(2)6-7-11/h2,4-5,8,11H2,1,3H3. The summed E-state index contributed by atoms with van der Waals surface area (Å²) in [6, 6.07) is 2.35. The molecule has 12 heavy (non-hydrogen) atoms. The highest BCUT2D eigenvalue weighted by atomic mass is 14.7. The largest absolute Gasteiger partial charge is 0.359 e. The van der Waals surface area contributed by atoms with Gasteiger partial charge in [-0.25, -0.2) is 0 Å². The quantitative estimate of drug-likeness (QED) is 0.382. The summed E-state index contributed by atoms with van der Waals surface area (Å²) in [5.74, 6) is 2.77. The van der Waals surface area contributed by atoms with Crippen LogP contribution in [-0.4, -0.2) is 13.3 Å². The van der Waals surface area contributed by atoms with E-state index in [9.17, 15) is 0 Å². The first-order valence-corrected chi connectivity index (χ1v) is 3.94. The zero-order chi connectivity index (χ0) is 9.61. The Morgan fingerprint density at radius 2 is 2.25 bits per heavy atom. The van der Waals surface area contributed by atoms with Crippen molar-refractivity contribution in [3.05, 3.63) is 12.2 Å². The minimum absolute atomic E-state index is 0.0753. The normalized spacial score (nSPS) is 13.8. The summed E-state index contributed by atoms with van der Waals surface area (Å²) in [6.07, 6.45) is 0.944. The van der Waals surface area contributed by atoms with Crippen molar-refractivity contribution in [3.8, 4) is 12.0 Å². The van der Waals surface area contributed by atoms with E-state index in [2.05, 4.69) is 44.1 Å². The second-order valence-corrected chi connectivity index (χ2v) is 3.04. The molecule has 0 heterocycles. The average Bonchev–Trinajstić information content (AvgIpc) is 2.05. The van der Waals surface area contributed by atoms with Crippen LogP contribution in [0.25, 0.3) is 0 Å². The van der Waals surface area contributed by atoms with E-state index >= 15 is 0 Å². The van der Waals surface area contributed by atoms with Crippen LogP contribution in [0.3, 0.4) is 0 Å². The molecule has 0 radical (unpaired) electrons. The molecule has 2 heteroatoms. The van der Waals surface area contributed by atoms with Gasteiger partial charge in [0, 0.05) is 23.6 Å². The molecule has 1 unspecified atom stereocenters. The first kappa shape index (κ1) is 10.8. The van der Waals surface area contributed by atoms with Gasteiger partial charge in [-0.2, -0.15) is 0 Å². The summed E-state index contributed by atoms with van der Waals surface area (Å²) in [7, 11) is 0. The van der Waals surface area contributed by atoms with Crippen molar-refractivity contribution in [1.82, 2.24) is 0 Å². The Kier molecular flexibility index (Phi) is 4.14. The van der Waals surface area contributed by atoms with Gasteiger partial charge in [0.2, 0.25) is 0 Å². The first-order chi connectivity index (χ1) is 5.60. The average molecular weight is 164 g/mol. The number of hydrogen-bond acceptors (Lipinski definition) is 2. The van der Waals surface area contributed by atoms with Crippen molar-refractivity contribution >= 4 is 6.72 Å². The van der Waals surface area contributed by atoms with Crippen LogP contribution in [0.4, 0.5) is 0 Å². The molecule has 0 amide bonds. The third-order valence-corrected chi connectivity index (χ3v) is 2.19. The van der Waals surface area contributed by atoms with Crippen molar-refractivity contribution in [2.75, 3.05) is 6.54 Å². The van der Waals surface area contributed by atoms with Crippen LogP contribution < -0.4 is 5.73 Å². The molecule has 66 valence electrons. The zero-order valence-electron chi connectivity index (χ0n) is 7.85. The van der Waals surface area contributed by atoms with E-state index in [1.807, 2.05) is 0 Å². The predicted molar refractivity (Wildman–Crippen MR) is 53.9 cm³/mol. The molecule has 0 spiro atoms. The van der Waals surface area contributed by atoms with Gasteiger partial charge in [0.25, 0.3) is 0 Å². The van der Waals surface area contributed by atoms with Crippen LogP contribution >= 0.6 is 0 Å². The third-order valence-electron chi connectivity index (χ3n) is 2.19. The van der Waals surface area contributed by atoms with Crippen molar-refractivity contribution in [1.29, 1.82) is 0 Å². The van der Waals surface area contributed by atoms with Gasteiger partial charge in [0.15, 0.2) is 0 Å². The SMILES string of the molecule is C=NCC(C)(CC)C(=C)C#CN. The second kappa shape index (κ2) is 4.61. The molecule has 0 aliphatic rings. The highest BCUT2D eigenvalue weighted by Gasteiger charge is 2.23. The smallest absolute Gasteiger partial charge is 0.0482 e. The van der Waals surface area contributed by atoms with Gasteiger partial charge in [-0.1, -0.05) is 20.4 Å². The van der Waals surface area contributed by atoms with Gasteiger partial charge in [0.1, 0.15) is 0 Å². The summed E-state index contributed by atoms with van der Waals surface area (Å²) in [5, 5.41) is 0. The molecule has 0 aromatic carbocycles. The number of aliphatic imine (C=N–C) groups is 1. The molecule has 2 nitrogen and oxygen atoms in total. The first-order valence-electron chi connectivity index (χ1n) is 3.94. The molecule has 0 aromatic heterocycles. The molecule has 0 aromatic rings. The van der Waals surface area contributed by atoms with E-state index in [-0.39, 0.29) is 5.41 Å². The van der Waals surface area contributed by atoms with Crippen LogP contribution in [0.1, 0.15) is 20.3 Å². The van der Waals surface area contributed by atoms with E-state index in [1.54, 1.807) is 0 Å². The minimum atomic E-state index is -0.0753. The van der Waals surface area contributed by atoms with Crippen LogP contribution in [0, 0.1) is 17.4 Å². The summed E-state index contributed by atoms with van der Waals surface area (Å²) >= 11 is 0. The van der Waals surface area contributed by atoms with Gasteiger partial charge in [0.05, 0.1) is 0 Å². The summed E-state index contributed by atoms with van der Waals surface area (Å²) in [4.78, 5) is 3.86. The van der Waals surface area contributed by atoms with E-state index in [0.29, 0.717) is 6.54 Å². The van der Waals surface area contributed by atoms with Crippen LogP contribution in [0.5, 0.6) is 0 Å². The maximum atomic E-state index is 5.11. The molecule has 0 bridgehead atoms. The molecule has 0 aliphatic heterocycles. The van der Waals surface area contributed by atoms with Gasteiger partial charge in [-0.15, -0.1) is 0 Å². The van der Waals surface area contributed by atoms with Gasteiger partial charge in [-0.3, -0.25) is 4.99 Å². The minimum Gasteiger partial charge on any atom is -0.359 e. The van der Waals surface area contributed by atoms with Crippen LogP contribution in [-0.2, 0) is 0 Å². The molecule has 0 saturated carbocycles. The lowest BCUT2D eigenvalue weighted by atomic mass is 9.81. The lowest BCUT2D eigenvalue weighted by molar-refractivity contribution is 0.410. The second-order valence-electron chi connectivity index (χ2n) is 3.04. The molecule has 1 atom stereocenters. The Morgan fingerprint density at radius 3 is 2.58 bits per heavy atom. The number of hydrogen-bond donors (Lipinski definition) is 1. The van der Waals surface area contributed by atoms with Crippen molar-refractivity contribution in [2.24, 2.45) is 16.1 Å². The number of rotatable bonds is 4. The van der Waals surface area contributed by atoms with E-state index in [4.69, 9.17) is 5.73 Å². The predicted octanol–water partition coefficient (Wildman–Crippen LogP) is 1.58.